The van der Waals surface area contributed by atoms with Crippen LogP contribution in [0.4, 0.5) is 0 Å². The monoisotopic (exact) mass is 510 g/mol. The van der Waals surface area contributed by atoms with Crippen molar-refractivity contribution in [2.45, 2.75) is 46.3 Å². The van der Waals surface area contributed by atoms with Gasteiger partial charge in [0.15, 0.2) is 5.96 Å². The highest BCUT2D eigenvalue weighted by Gasteiger charge is 2.09. The van der Waals surface area contributed by atoms with Crippen molar-refractivity contribution in [1.29, 1.82) is 0 Å². The number of hydrogen-bond donors (Lipinski definition) is 2. The molecular weight excluding hydrogens is 475 g/mol. The quantitative estimate of drug-likeness (QED) is 0.288. The van der Waals surface area contributed by atoms with Gasteiger partial charge in [-0.25, -0.2) is 13.4 Å². The zero-order valence-electron chi connectivity index (χ0n) is 17.2. The van der Waals surface area contributed by atoms with E-state index >= 15 is 0 Å². The SMILES string of the molecule is CCNC(=NCc1cccc(CN(C)CC)c1)NC(C)CCS(C)(=O)=O.I. The molecule has 8 heteroatoms. The van der Waals surface area contributed by atoms with Crippen molar-refractivity contribution < 1.29 is 8.42 Å². The number of nitrogens with one attached hydrogen (secondary N) is 2. The average molecular weight is 510 g/mol. The van der Waals surface area contributed by atoms with Crippen LogP contribution in [0.2, 0.25) is 0 Å². The molecule has 0 saturated heterocycles. The van der Waals surface area contributed by atoms with Crippen LogP contribution in [0.3, 0.4) is 0 Å². The van der Waals surface area contributed by atoms with Crippen molar-refractivity contribution in [3.05, 3.63) is 35.4 Å². The lowest BCUT2D eigenvalue weighted by atomic mass is 10.1. The second-order valence-corrected chi connectivity index (χ2v) is 9.07. The predicted molar refractivity (Wildman–Crippen MR) is 126 cm³/mol. The molecule has 1 aromatic rings. The minimum Gasteiger partial charge on any atom is -0.357 e. The molecule has 6 nitrogen and oxygen atoms in total. The van der Waals surface area contributed by atoms with E-state index in [4.69, 9.17) is 0 Å². The molecule has 0 saturated carbocycles. The molecule has 2 N–H and O–H groups in total. The fourth-order valence-electron chi connectivity index (χ4n) is 2.44. The molecular formula is C19H35IN4O2S. The normalized spacial score (nSPS) is 13.2. The Morgan fingerprint density at radius 1 is 1.26 bits per heavy atom. The first-order valence-electron chi connectivity index (χ1n) is 9.22. The fraction of sp³-hybridized carbons (Fsp3) is 0.632. The van der Waals surface area contributed by atoms with Crippen LogP contribution in [0, 0.1) is 0 Å². The Labute approximate surface area is 182 Å². The van der Waals surface area contributed by atoms with Gasteiger partial charge in [0.1, 0.15) is 9.84 Å². The van der Waals surface area contributed by atoms with Crippen LogP contribution in [-0.2, 0) is 22.9 Å². The Hall–Kier alpha value is -0.870. The second kappa shape index (κ2) is 13.3. The summed E-state index contributed by atoms with van der Waals surface area (Å²) in [6.07, 6.45) is 1.82. The number of benzene rings is 1. The average Bonchev–Trinajstić information content (AvgIpc) is 2.58. The second-order valence-electron chi connectivity index (χ2n) is 6.81. The number of rotatable bonds is 10. The van der Waals surface area contributed by atoms with Crippen molar-refractivity contribution in [2.75, 3.05) is 32.1 Å². The summed E-state index contributed by atoms with van der Waals surface area (Å²) in [6, 6.07) is 8.50. The summed E-state index contributed by atoms with van der Waals surface area (Å²) < 4.78 is 22.6. The highest BCUT2D eigenvalue weighted by molar-refractivity contribution is 14.0. The maximum absolute atomic E-state index is 11.3. The van der Waals surface area contributed by atoms with Gasteiger partial charge in [-0.1, -0.05) is 31.2 Å². The Balaban J connectivity index is 0.00000676. The van der Waals surface area contributed by atoms with Gasteiger partial charge in [-0.05, 0) is 45.0 Å². The summed E-state index contributed by atoms with van der Waals surface area (Å²) in [6.45, 7) is 9.41. The van der Waals surface area contributed by atoms with Crippen molar-refractivity contribution in [2.24, 2.45) is 4.99 Å². The van der Waals surface area contributed by atoms with Crippen LogP contribution in [-0.4, -0.2) is 57.5 Å². The lowest BCUT2D eigenvalue weighted by Gasteiger charge is -2.17. The third-order valence-corrected chi connectivity index (χ3v) is 5.03. The van der Waals surface area contributed by atoms with E-state index in [1.807, 2.05) is 13.8 Å². The number of nitrogens with zero attached hydrogens (tertiary/aromatic N) is 2. The molecule has 1 unspecified atom stereocenters. The first-order valence-corrected chi connectivity index (χ1v) is 11.3. The van der Waals surface area contributed by atoms with Gasteiger partial charge in [-0.15, -0.1) is 24.0 Å². The molecule has 1 rings (SSSR count). The number of aliphatic imine (C=N–C) groups is 1. The number of halogens is 1. The van der Waals surface area contributed by atoms with Crippen LogP contribution < -0.4 is 10.6 Å². The molecule has 156 valence electrons. The molecule has 27 heavy (non-hydrogen) atoms. The number of hydrogen-bond acceptors (Lipinski definition) is 4. The molecule has 1 atom stereocenters. The maximum Gasteiger partial charge on any atom is 0.191 e. The Kier molecular flexibility index (Phi) is 12.9. The van der Waals surface area contributed by atoms with Crippen LogP contribution in [0.1, 0.15) is 38.3 Å². The predicted octanol–water partition coefficient (Wildman–Crippen LogP) is 2.63. The first kappa shape index (κ1) is 26.1. The summed E-state index contributed by atoms with van der Waals surface area (Å²) in [4.78, 5) is 6.90. The Morgan fingerprint density at radius 3 is 2.52 bits per heavy atom. The fourth-order valence-corrected chi connectivity index (χ4v) is 3.22. The number of sulfone groups is 1. The summed E-state index contributed by atoms with van der Waals surface area (Å²) >= 11 is 0. The minimum absolute atomic E-state index is 0. The van der Waals surface area contributed by atoms with E-state index in [-0.39, 0.29) is 35.8 Å². The molecule has 0 spiro atoms. The van der Waals surface area contributed by atoms with Crippen molar-refractivity contribution >= 4 is 39.8 Å². The van der Waals surface area contributed by atoms with Crippen LogP contribution in [0.25, 0.3) is 0 Å². The van der Waals surface area contributed by atoms with Crippen molar-refractivity contribution in [3.63, 3.8) is 0 Å². The third kappa shape index (κ3) is 12.2. The van der Waals surface area contributed by atoms with E-state index in [9.17, 15) is 8.42 Å². The molecule has 0 radical (unpaired) electrons. The molecule has 0 aromatic heterocycles. The highest BCUT2D eigenvalue weighted by atomic mass is 127. The topological polar surface area (TPSA) is 73.8 Å². The summed E-state index contributed by atoms with van der Waals surface area (Å²) in [5, 5.41) is 6.50. The van der Waals surface area contributed by atoms with Gasteiger partial charge in [0.25, 0.3) is 0 Å². The van der Waals surface area contributed by atoms with Gasteiger partial charge in [0.05, 0.1) is 12.3 Å². The van der Waals surface area contributed by atoms with E-state index < -0.39 is 9.84 Å². The van der Waals surface area contributed by atoms with Gasteiger partial charge in [0, 0.05) is 25.4 Å². The molecule has 1 aromatic carbocycles. The minimum atomic E-state index is -2.94. The van der Waals surface area contributed by atoms with Gasteiger partial charge in [0.2, 0.25) is 0 Å². The van der Waals surface area contributed by atoms with Crippen LogP contribution in [0.5, 0.6) is 0 Å². The van der Waals surface area contributed by atoms with Crippen LogP contribution in [0.15, 0.2) is 29.3 Å². The summed E-state index contributed by atoms with van der Waals surface area (Å²) in [7, 11) is -0.837. The molecule has 0 fully saturated rings. The van der Waals surface area contributed by atoms with Crippen molar-refractivity contribution in [1.82, 2.24) is 15.5 Å². The summed E-state index contributed by atoms with van der Waals surface area (Å²) in [5.41, 5.74) is 2.44. The molecule has 0 bridgehead atoms. The third-order valence-electron chi connectivity index (χ3n) is 4.05. The van der Waals surface area contributed by atoms with E-state index in [2.05, 4.69) is 58.8 Å². The Morgan fingerprint density at radius 2 is 1.93 bits per heavy atom. The standard InChI is InChI=1S/C19H34N4O2S.HI/c1-6-20-19(22-16(3)11-12-26(5,24)25)21-14-17-9-8-10-18(13-17)15-23(4)7-2;/h8-10,13,16H,6-7,11-12,14-15H2,1-5H3,(H2,20,21,22);1H. The molecule has 0 aliphatic carbocycles. The molecule has 0 heterocycles. The largest absolute Gasteiger partial charge is 0.357 e. The Bertz CT molecular complexity index is 680. The van der Waals surface area contributed by atoms with Gasteiger partial charge < -0.3 is 15.5 Å². The molecule has 0 aliphatic heterocycles. The van der Waals surface area contributed by atoms with Crippen LogP contribution >= 0.6 is 24.0 Å². The lowest BCUT2D eigenvalue weighted by Crippen LogP contribution is -2.42. The smallest absolute Gasteiger partial charge is 0.191 e. The van der Waals surface area contributed by atoms with Gasteiger partial charge >= 0.3 is 0 Å². The number of guanidine groups is 1. The maximum atomic E-state index is 11.3. The van der Waals surface area contributed by atoms with E-state index in [1.54, 1.807) is 0 Å². The molecule has 0 amide bonds. The van der Waals surface area contributed by atoms with E-state index in [0.717, 1.165) is 25.2 Å². The lowest BCUT2D eigenvalue weighted by molar-refractivity contribution is 0.345. The molecule has 0 aliphatic rings. The van der Waals surface area contributed by atoms with Gasteiger partial charge in [-0.3, -0.25) is 0 Å². The summed E-state index contributed by atoms with van der Waals surface area (Å²) in [5.74, 6) is 0.887. The first-order chi connectivity index (χ1) is 12.2. The van der Waals surface area contributed by atoms with E-state index in [0.29, 0.717) is 18.9 Å². The van der Waals surface area contributed by atoms with Gasteiger partial charge in [-0.2, -0.15) is 0 Å². The zero-order valence-corrected chi connectivity index (χ0v) is 20.3. The van der Waals surface area contributed by atoms with Crippen molar-refractivity contribution in [3.8, 4) is 0 Å². The highest BCUT2D eigenvalue weighted by Crippen LogP contribution is 2.09. The van der Waals surface area contributed by atoms with E-state index in [1.165, 1.54) is 11.8 Å². The zero-order chi connectivity index (χ0) is 19.6.